The minimum absolute atomic E-state index is 0.00662. The van der Waals surface area contributed by atoms with Gasteiger partial charge in [0.05, 0.1) is 23.6 Å². The van der Waals surface area contributed by atoms with Gasteiger partial charge in [-0.1, -0.05) is 6.92 Å². The van der Waals surface area contributed by atoms with Gasteiger partial charge in [0.2, 0.25) is 0 Å². The zero-order valence-electron chi connectivity index (χ0n) is 17.2. The molecule has 1 atom stereocenters. The highest BCUT2D eigenvalue weighted by molar-refractivity contribution is 7.20. The lowest BCUT2D eigenvalue weighted by Crippen LogP contribution is -2.43. The number of aromatic nitrogens is 2. The number of thiophene rings is 1. The fourth-order valence-corrected chi connectivity index (χ4v) is 5.07. The van der Waals surface area contributed by atoms with Crippen LogP contribution in [0.3, 0.4) is 0 Å². The number of amides is 1. The van der Waals surface area contributed by atoms with Crippen molar-refractivity contribution >= 4 is 33.4 Å². The van der Waals surface area contributed by atoms with E-state index in [2.05, 4.69) is 16.9 Å². The second-order valence-electron chi connectivity index (χ2n) is 7.27. The van der Waals surface area contributed by atoms with E-state index in [0.717, 1.165) is 41.8 Å². The number of nitrogens with zero attached hydrogens (tertiary/aromatic N) is 4. The van der Waals surface area contributed by atoms with Gasteiger partial charge in [0.15, 0.2) is 0 Å². The number of aryl methyl sites for hydroxylation is 2. The van der Waals surface area contributed by atoms with Crippen LogP contribution in [-0.2, 0) is 16.6 Å². The van der Waals surface area contributed by atoms with Gasteiger partial charge in [-0.05, 0) is 45.8 Å². The van der Waals surface area contributed by atoms with E-state index in [1.807, 2.05) is 29.6 Å². The van der Waals surface area contributed by atoms with Crippen molar-refractivity contribution in [1.82, 2.24) is 19.6 Å². The summed E-state index contributed by atoms with van der Waals surface area (Å²) in [7, 11) is 1.90. The third-order valence-corrected chi connectivity index (χ3v) is 6.61. The molecule has 0 N–H and O–H groups in total. The lowest BCUT2D eigenvalue weighted by molar-refractivity contribution is -0.143. The van der Waals surface area contributed by atoms with Crippen molar-refractivity contribution in [2.45, 2.75) is 46.1 Å². The van der Waals surface area contributed by atoms with Gasteiger partial charge in [-0.25, -0.2) is 0 Å². The van der Waals surface area contributed by atoms with Crippen LogP contribution in [0.15, 0.2) is 6.07 Å². The summed E-state index contributed by atoms with van der Waals surface area (Å²) in [5, 5.41) is 5.44. The number of likely N-dealkylation sites (tertiary alicyclic amines) is 1. The van der Waals surface area contributed by atoms with Crippen molar-refractivity contribution < 1.29 is 14.3 Å². The van der Waals surface area contributed by atoms with Crippen LogP contribution >= 0.6 is 11.3 Å². The Morgan fingerprint density at radius 2 is 2.18 bits per heavy atom. The summed E-state index contributed by atoms with van der Waals surface area (Å²) in [6.07, 6.45) is 2.47. The molecule has 154 valence electrons. The molecule has 3 heterocycles. The molecule has 1 aliphatic rings. The Morgan fingerprint density at radius 1 is 1.39 bits per heavy atom. The minimum Gasteiger partial charge on any atom is -0.466 e. The molecule has 1 saturated heterocycles. The lowest BCUT2D eigenvalue weighted by atomic mass is 10.2. The summed E-state index contributed by atoms with van der Waals surface area (Å²) < 4.78 is 6.89. The van der Waals surface area contributed by atoms with Crippen LogP contribution in [0.5, 0.6) is 0 Å². The first-order chi connectivity index (χ1) is 13.4. The summed E-state index contributed by atoms with van der Waals surface area (Å²) in [5.74, 6) is -0.261. The molecule has 0 radical (unpaired) electrons. The summed E-state index contributed by atoms with van der Waals surface area (Å²) in [6, 6.07) is 2.29. The van der Waals surface area contributed by atoms with Crippen molar-refractivity contribution in [2.75, 3.05) is 32.8 Å². The van der Waals surface area contributed by atoms with E-state index in [1.165, 1.54) is 11.3 Å². The molecule has 1 unspecified atom stereocenters. The van der Waals surface area contributed by atoms with Crippen molar-refractivity contribution in [3.8, 4) is 0 Å². The number of carbonyl (C=O) groups is 2. The Bertz CT molecular complexity index is 809. The van der Waals surface area contributed by atoms with Crippen LogP contribution < -0.4 is 0 Å². The Balaban J connectivity index is 1.79. The topological polar surface area (TPSA) is 67.7 Å². The highest BCUT2D eigenvalue weighted by atomic mass is 32.1. The highest BCUT2D eigenvalue weighted by Gasteiger charge is 2.29. The molecule has 2 aromatic rings. The molecule has 3 rings (SSSR count). The normalized spacial score (nSPS) is 17.4. The number of esters is 1. The molecule has 0 spiro atoms. The predicted molar refractivity (Wildman–Crippen MR) is 111 cm³/mol. The van der Waals surface area contributed by atoms with Crippen molar-refractivity contribution in [3.63, 3.8) is 0 Å². The number of hydrogen-bond donors (Lipinski definition) is 0. The summed E-state index contributed by atoms with van der Waals surface area (Å²) >= 11 is 1.47. The molecule has 1 amide bonds. The van der Waals surface area contributed by atoms with Crippen molar-refractivity contribution in [3.05, 3.63) is 16.6 Å². The van der Waals surface area contributed by atoms with E-state index in [1.54, 1.807) is 6.92 Å². The summed E-state index contributed by atoms with van der Waals surface area (Å²) in [5.41, 5.74) is 0.929. The third-order valence-electron chi connectivity index (χ3n) is 5.42. The maximum Gasteiger partial charge on any atom is 0.307 e. The molecule has 1 fully saturated rings. The van der Waals surface area contributed by atoms with Crippen molar-refractivity contribution in [2.24, 2.45) is 7.05 Å². The Hall–Kier alpha value is -1.93. The molecule has 0 saturated carbocycles. The van der Waals surface area contributed by atoms with Gasteiger partial charge >= 0.3 is 5.97 Å². The third kappa shape index (κ3) is 4.38. The average molecular weight is 407 g/mol. The molecule has 8 heteroatoms. The van der Waals surface area contributed by atoms with Gasteiger partial charge in [-0.15, -0.1) is 11.3 Å². The molecule has 7 nitrogen and oxygen atoms in total. The Morgan fingerprint density at radius 3 is 2.86 bits per heavy atom. The molecule has 0 aliphatic carbocycles. The van der Waals surface area contributed by atoms with Gasteiger partial charge in [-0.3, -0.25) is 19.2 Å². The van der Waals surface area contributed by atoms with E-state index in [-0.39, 0.29) is 18.3 Å². The zero-order valence-corrected chi connectivity index (χ0v) is 18.0. The molecule has 28 heavy (non-hydrogen) atoms. The van der Waals surface area contributed by atoms with Gasteiger partial charge in [-0.2, -0.15) is 5.10 Å². The number of hydrogen-bond acceptors (Lipinski definition) is 6. The zero-order chi connectivity index (χ0) is 20.3. The number of rotatable bonds is 8. The second-order valence-corrected chi connectivity index (χ2v) is 8.30. The quantitative estimate of drug-likeness (QED) is 0.631. The smallest absolute Gasteiger partial charge is 0.307 e. The van der Waals surface area contributed by atoms with E-state index in [4.69, 9.17) is 4.74 Å². The molecule has 0 bridgehead atoms. The number of carbonyl (C=O) groups excluding carboxylic acids is 2. The highest BCUT2D eigenvalue weighted by Crippen LogP contribution is 2.29. The van der Waals surface area contributed by atoms with Crippen LogP contribution in [0.2, 0.25) is 0 Å². The lowest BCUT2D eigenvalue weighted by Gasteiger charge is -2.30. The first-order valence-corrected chi connectivity index (χ1v) is 10.9. The first kappa shape index (κ1) is 20.8. The first-order valence-electron chi connectivity index (χ1n) is 10.1. The van der Waals surface area contributed by atoms with Crippen LogP contribution in [-0.4, -0.2) is 70.3 Å². The SMILES string of the molecule is CCOC(=O)CCN(CC1CCCN1CC)C(=O)c1cc2c(C)nn(C)c2s1. The van der Waals surface area contributed by atoms with Crippen LogP contribution in [0, 0.1) is 6.92 Å². The predicted octanol–water partition coefficient (Wildman–Crippen LogP) is 2.82. The second kappa shape index (κ2) is 9.05. The molecular weight excluding hydrogens is 376 g/mol. The largest absolute Gasteiger partial charge is 0.466 e. The monoisotopic (exact) mass is 406 g/mol. The van der Waals surface area contributed by atoms with Crippen LogP contribution in [0.1, 0.15) is 48.5 Å². The van der Waals surface area contributed by atoms with E-state index >= 15 is 0 Å². The van der Waals surface area contributed by atoms with Gasteiger partial charge < -0.3 is 9.64 Å². The fraction of sp³-hybridized carbons (Fsp3) is 0.650. The molecular formula is C20H30N4O3S. The molecule has 2 aromatic heterocycles. The Kier molecular flexibility index (Phi) is 6.72. The van der Waals surface area contributed by atoms with Crippen molar-refractivity contribution in [1.29, 1.82) is 0 Å². The molecule has 1 aliphatic heterocycles. The number of ether oxygens (including phenoxy) is 1. The van der Waals surface area contributed by atoms with E-state index < -0.39 is 0 Å². The van der Waals surface area contributed by atoms with Crippen LogP contribution in [0.25, 0.3) is 10.2 Å². The standard InChI is InChI=1S/C20H30N4O3S/c1-5-23-10-7-8-15(23)13-24(11-9-18(25)27-6-2)19(26)17-12-16-14(3)21-22(4)20(16)28-17/h12,15H,5-11,13H2,1-4H3. The van der Waals surface area contributed by atoms with E-state index in [0.29, 0.717) is 30.6 Å². The van der Waals surface area contributed by atoms with Gasteiger partial charge in [0.1, 0.15) is 4.83 Å². The summed E-state index contributed by atoms with van der Waals surface area (Å²) in [4.78, 5) is 31.2. The van der Waals surface area contributed by atoms with Crippen LogP contribution in [0.4, 0.5) is 0 Å². The van der Waals surface area contributed by atoms with Gasteiger partial charge in [0.25, 0.3) is 5.91 Å². The summed E-state index contributed by atoms with van der Waals surface area (Å²) in [6.45, 7) is 9.37. The Labute approximate surface area is 170 Å². The maximum atomic E-state index is 13.3. The average Bonchev–Trinajstić information content (AvgIpc) is 3.36. The molecule has 0 aromatic carbocycles. The maximum absolute atomic E-state index is 13.3. The number of fused-ring (bicyclic) bond motifs is 1. The van der Waals surface area contributed by atoms with E-state index in [9.17, 15) is 9.59 Å². The fourth-order valence-electron chi connectivity index (χ4n) is 3.97. The number of likely N-dealkylation sites (N-methyl/N-ethyl adjacent to an activating group) is 1. The minimum atomic E-state index is -0.254. The van der Waals surface area contributed by atoms with Gasteiger partial charge in [0, 0.05) is 31.6 Å².